The summed E-state index contributed by atoms with van der Waals surface area (Å²) in [7, 11) is 0. The highest BCUT2D eigenvalue weighted by Crippen LogP contribution is 2.30. The van der Waals surface area contributed by atoms with E-state index in [-0.39, 0.29) is 0 Å². The molecule has 3 N–H and O–H groups in total. The first kappa shape index (κ1) is 14.0. The van der Waals surface area contributed by atoms with Crippen LogP contribution in [0.2, 0.25) is 0 Å². The first-order valence-corrected chi connectivity index (χ1v) is 7.24. The predicted molar refractivity (Wildman–Crippen MR) is 82.3 cm³/mol. The lowest BCUT2D eigenvalue weighted by atomic mass is 9.99. The predicted octanol–water partition coefficient (Wildman–Crippen LogP) is 3.58. The van der Waals surface area contributed by atoms with Gasteiger partial charge in [0.25, 0.3) is 0 Å². The molecule has 2 aromatic rings. The number of hydrogen-bond acceptors (Lipinski definition) is 3. The van der Waals surface area contributed by atoms with Gasteiger partial charge >= 0.3 is 0 Å². The molecule has 100 valence electrons. The van der Waals surface area contributed by atoms with Crippen LogP contribution in [-0.4, -0.2) is 10.9 Å². The van der Waals surface area contributed by atoms with Crippen molar-refractivity contribution in [2.45, 2.75) is 24.3 Å². The summed E-state index contributed by atoms with van der Waals surface area (Å²) in [6, 6.07) is 15.7. The highest BCUT2D eigenvalue weighted by molar-refractivity contribution is 7.99. The van der Waals surface area contributed by atoms with Gasteiger partial charge in [-0.25, -0.2) is 0 Å². The van der Waals surface area contributed by atoms with Gasteiger partial charge in [-0.15, -0.1) is 11.8 Å². The minimum atomic E-state index is -0.832. The molecule has 19 heavy (non-hydrogen) atoms. The first-order chi connectivity index (χ1) is 8.99. The highest BCUT2D eigenvalue weighted by Gasteiger charge is 2.22. The summed E-state index contributed by atoms with van der Waals surface area (Å²) in [5.74, 6) is 0.611. The number of anilines is 1. The van der Waals surface area contributed by atoms with E-state index in [1.807, 2.05) is 56.3 Å². The van der Waals surface area contributed by atoms with Crippen molar-refractivity contribution in [3.05, 3.63) is 59.7 Å². The van der Waals surface area contributed by atoms with Crippen LogP contribution in [0, 0.1) is 6.92 Å². The quantitative estimate of drug-likeness (QED) is 0.661. The van der Waals surface area contributed by atoms with Crippen molar-refractivity contribution in [1.29, 1.82) is 0 Å². The van der Waals surface area contributed by atoms with Gasteiger partial charge in [-0.2, -0.15) is 0 Å². The minimum absolute atomic E-state index is 0.611. The lowest BCUT2D eigenvalue weighted by Crippen LogP contribution is -2.24. The summed E-state index contributed by atoms with van der Waals surface area (Å²) in [6.45, 7) is 3.84. The normalized spacial score (nSPS) is 14.1. The molecule has 1 unspecified atom stereocenters. The average molecular weight is 273 g/mol. The Morgan fingerprint density at radius 3 is 2.47 bits per heavy atom. The van der Waals surface area contributed by atoms with E-state index < -0.39 is 5.60 Å². The SMILES string of the molecule is Cc1cc(SCC(C)(O)c2ccccc2)ccc1N. The molecule has 0 aliphatic heterocycles. The molecule has 0 aromatic heterocycles. The first-order valence-electron chi connectivity index (χ1n) is 6.26. The van der Waals surface area contributed by atoms with Crippen molar-refractivity contribution in [1.82, 2.24) is 0 Å². The van der Waals surface area contributed by atoms with Crippen LogP contribution in [0.15, 0.2) is 53.4 Å². The molecule has 0 aliphatic rings. The van der Waals surface area contributed by atoms with Crippen molar-refractivity contribution in [2.75, 3.05) is 11.5 Å². The van der Waals surface area contributed by atoms with Gasteiger partial charge in [0, 0.05) is 16.3 Å². The molecular weight excluding hydrogens is 254 g/mol. The molecule has 0 bridgehead atoms. The molecule has 0 radical (unpaired) electrons. The van der Waals surface area contributed by atoms with E-state index in [4.69, 9.17) is 5.73 Å². The summed E-state index contributed by atoms with van der Waals surface area (Å²) in [5, 5.41) is 10.5. The van der Waals surface area contributed by atoms with E-state index in [9.17, 15) is 5.11 Å². The van der Waals surface area contributed by atoms with E-state index in [1.165, 1.54) is 0 Å². The number of rotatable bonds is 4. The third kappa shape index (κ3) is 3.52. The number of nitrogen functional groups attached to an aromatic ring is 1. The van der Waals surface area contributed by atoms with Crippen LogP contribution in [0.5, 0.6) is 0 Å². The molecule has 0 saturated heterocycles. The van der Waals surface area contributed by atoms with E-state index >= 15 is 0 Å². The topological polar surface area (TPSA) is 46.2 Å². The van der Waals surface area contributed by atoms with Gasteiger partial charge in [0.2, 0.25) is 0 Å². The van der Waals surface area contributed by atoms with E-state index in [1.54, 1.807) is 11.8 Å². The number of hydrogen-bond donors (Lipinski definition) is 2. The molecule has 2 nitrogen and oxygen atoms in total. The molecule has 0 saturated carbocycles. The van der Waals surface area contributed by atoms with Crippen LogP contribution in [-0.2, 0) is 5.60 Å². The zero-order valence-corrected chi connectivity index (χ0v) is 12.1. The highest BCUT2D eigenvalue weighted by atomic mass is 32.2. The average Bonchev–Trinajstić information content (AvgIpc) is 2.41. The Morgan fingerprint density at radius 2 is 1.84 bits per heavy atom. The molecule has 0 spiro atoms. The summed E-state index contributed by atoms with van der Waals surface area (Å²) >= 11 is 1.64. The largest absolute Gasteiger partial charge is 0.399 e. The third-order valence-corrected chi connectivity index (χ3v) is 4.45. The van der Waals surface area contributed by atoms with Gasteiger partial charge in [0.05, 0.1) is 5.60 Å². The van der Waals surface area contributed by atoms with Crippen LogP contribution in [0.1, 0.15) is 18.1 Å². The molecule has 0 amide bonds. The van der Waals surface area contributed by atoms with Crippen molar-refractivity contribution < 1.29 is 5.11 Å². The van der Waals surface area contributed by atoms with Crippen LogP contribution in [0.25, 0.3) is 0 Å². The van der Waals surface area contributed by atoms with Crippen molar-refractivity contribution >= 4 is 17.4 Å². The number of aryl methyl sites for hydroxylation is 1. The molecule has 1 atom stereocenters. The van der Waals surface area contributed by atoms with Crippen LogP contribution < -0.4 is 5.73 Å². The van der Waals surface area contributed by atoms with Gasteiger partial charge in [-0.1, -0.05) is 30.3 Å². The summed E-state index contributed by atoms with van der Waals surface area (Å²) < 4.78 is 0. The van der Waals surface area contributed by atoms with Crippen LogP contribution >= 0.6 is 11.8 Å². The van der Waals surface area contributed by atoms with Gasteiger partial charge in [0.1, 0.15) is 0 Å². The molecule has 0 fully saturated rings. The third-order valence-electron chi connectivity index (χ3n) is 3.16. The molecule has 2 rings (SSSR count). The van der Waals surface area contributed by atoms with Gasteiger partial charge in [0.15, 0.2) is 0 Å². The number of aliphatic hydroxyl groups is 1. The lowest BCUT2D eigenvalue weighted by Gasteiger charge is -2.23. The Morgan fingerprint density at radius 1 is 1.16 bits per heavy atom. The molecule has 3 heteroatoms. The van der Waals surface area contributed by atoms with Crippen molar-refractivity contribution in [3.8, 4) is 0 Å². The maximum Gasteiger partial charge on any atom is 0.0962 e. The summed E-state index contributed by atoms with van der Waals surface area (Å²) in [6.07, 6.45) is 0. The van der Waals surface area contributed by atoms with E-state index in [0.717, 1.165) is 21.7 Å². The lowest BCUT2D eigenvalue weighted by molar-refractivity contribution is 0.0839. The van der Waals surface area contributed by atoms with Crippen LogP contribution in [0.3, 0.4) is 0 Å². The second-order valence-corrected chi connectivity index (χ2v) is 6.00. The van der Waals surface area contributed by atoms with E-state index in [0.29, 0.717) is 5.75 Å². The second kappa shape index (κ2) is 5.68. The fraction of sp³-hybridized carbons (Fsp3) is 0.250. The fourth-order valence-electron chi connectivity index (χ4n) is 1.84. The standard InChI is InChI=1S/C16H19NOS/c1-12-10-14(8-9-15(12)17)19-11-16(2,18)13-6-4-3-5-7-13/h3-10,18H,11,17H2,1-2H3. The number of nitrogens with two attached hydrogens (primary N) is 1. The molecule has 2 aromatic carbocycles. The van der Waals surface area contributed by atoms with Crippen molar-refractivity contribution in [2.24, 2.45) is 0 Å². The van der Waals surface area contributed by atoms with Gasteiger partial charge < -0.3 is 10.8 Å². The summed E-state index contributed by atoms with van der Waals surface area (Å²) in [4.78, 5) is 1.13. The Labute approximate surface area is 118 Å². The van der Waals surface area contributed by atoms with Gasteiger partial charge in [-0.05, 0) is 43.2 Å². The monoisotopic (exact) mass is 273 g/mol. The Hall–Kier alpha value is -1.45. The zero-order chi connectivity index (χ0) is 13.9. The molecular formula is C16H19NOS. The Kier molecular flexibility index (Phi) is 4.17. The number of benzene rings is 2. The molecule has 0 aliphatic carbocycles. The minimum Gasteiger partial charge on any atom is -0.399 e. The van der Waals surface area contributed by atoms with Crippen LogP contribution in [0.4, 0.5) is 5.69 Å². The fourth-order valence-corrected chi connectivity index (χ4v) is 2.88. The Balaban J connectivity index is 2.07. The Bertz CT molecular complexity index is 552. The smallest absolute Gasteiger partial charge is 0.0962 e. The second-order valence-electron chi connectivity index (χ2n) is 4.95. The number of thioether (sulfide) groups is 1. The maximum absolute atomic E-state index is 10.5. The van der Waals surface area contributed by atoms with Crippen molar-refractivity contribution in [3.63, 3.8) is 0 Å². The maximum atomic E-state index is 10.5. The van der Waals surface area contributed by atoms with Gasteiger partial charge in [-0.3, -0.25) is 0 Å². The zero-order valence-electron chi connectivity index (χ0n) is 11.3. The summed E-state index contributed by atoms with van der Waals surface area (Å²) in [5.41, 5.74) is 7.79. The molecule has 0 heterocycles. The van der Waals surface area contributed by atoms with E-state index in [2.05, 4.69) is 6.07 Å².